The number of carbonyl (C=O) groups is 3. The number of rotatable bonds is 8. The van der Waals surface area contributed by atoms with Crippen molar-refractivity contribution in [3.05, 3.63) is 96.1 Å². The summed E-state index contributed by atoms with van der Waals surface area (Å²) >= 11 is 0. The molecular weight excluding hydrogens is 584 g/mol. The molecule has 0 heterocycles. The molecule has 214 valence electrons. The van der Waals surface area contributed by atoms with E-state index in [1.807, 2.05) is 0 Å². The van der Waals surface area contributed by atoms with E-state index in [1.54, 1.807) is 0 Å². The van der Waals surface area contributed by atoms with Crippen LogP contribution in [0.4, 0.5) is 11.4 Å². The van der Waals surface area contributed by atoms with Crippen LogP contribution in [0.2, 0.25) is 0 Å². The summed E-state index contributed by atoms with van der Waals surface area (Å²) in [5.74, 6) is -1.13. The second-order valence-corrected chi connectivity index (χ2v) is 12.3. The van der Waals surface area contributed by atoms with Crippen LogP contribution in [0.1, 0.15) is 29.8 Å². The lowest BCUT2D eigenvalue weighted by atomic mass is 10.1. The van der Waals surface area contributed by atoms with E-state index < -0.39 is 26.0 Å². The van der Waals surface area contributed by atoms with Gasteiger partial charge >= 0.3 is 20.2 Å². The molecule has 1 aliphatic rings. The van der Waals surface area contributed by atoms with Crippen molar-refractivity contribution in [1.29, 1.82) is 0 Å². The minimum atomic E-state index is -4.34. The molecule has 2 amide bonds. The molecule has 0 unspecified atom stereocenters. The molecule has 0 atom stereocenters. The SMILES string of the molecule is CC(=O)Nc1ccc(OS(=O)(=O)c2ccc3c(c2)C(=O)c2cc(S(=O)(=O)Oc4ccc(NC(C)=O)cc4)ccc2-3)cc1. The van der Waals surface area contributed by atoms with E-state index in [0.29, 0.717) is 22.5 Å². The van der Waals surface area contributed by atoms with E-state index in [0.717, 1.165) is 0 Å². The molecule has 11 nitrogen and oxygen atoms in total. The van der Waals surface area contributed by atoms with Gasteiger partial charge in [-0.2, -0.15) is 16.8 Å². The fourth-order valence-corrected chi connectivity index (χ4v) is 6.21. The molecule has 2 N–H and O–H groups in total. The van der Waals surface area contributed by atoms with Gasteiger partial charge in [0.15, 0.2) is 5.78 Å². The van der Waals surface area contributed by atoms with Crippen molar-refractivity contribution in [2.45, 2.75) is 23.6 Å². The highest BCUT2D eigenvalue weighted by atomic mass is 32.2. The molecule has 4 aromatic rings. The highest BCUT2D eigenvalue weighted by Crippen LogP contribution is 2.39. The summed E-state index contributed by atoms with van der Waals surface area (Å²) in [5.41, 5.74) is 1.93. The Bertz CT molecular complexity index is 1830. The first kappa shape index (κ1) is 28.5. The predicted molar refractivity (Wildman–Crippen MR) is 152 cm³/mol. The second-order valence-electron chi connectivity index (χ2n) is 9.23. The Morgan fingerprint density at radius 1 is 0.548 bits per heavy atom. The van der Waals surface area contributed by atoms with Crippen LogP contribution in [-0.2, 0) is 29.8 Å². The summed E-state index contributed by atoms with van der Waals surface area (Å²) in [6.07, 6.45) is 0. The standard InChI is InChI=1S/C29H22N2O9S2/c1-17(32)30-19-3-7-21(8-4-19)39-41(35,36)23-11-13-25-26-14-12-24(16-28(26)29(34)27(25)15-23)42(37,38)40-22-9-5-20(6-10-22)31-18(2)33/h3-16H,1-2H3,(H,30,32)(H,31,33). The van der Waals surface area contributed by atoms with Gasteiger partial charge in [-0.25, -0.2) is 0 Å². The van der Waals surface area contributed by atoms with Crippen molar-refractivity contribution in [2.75, 3.05) is 10.6 Å². The fourth-order valence-electron chi connectivity index (χ4n) is 4.29. The van der Waals surface area contributed by atoms with Gasteiger partial charge in [-0.05, 0) is 83.9 Å². The molecule has 5 rings (SSSR count). The largest absolute Gasteiger partial charge is 0.379 e. The maximum absolute atomic E-state index is 13.3. The fraction of sp³-hybridized carbons (Fsp3) is 0.0690. The van der Waals surface area contributed by atoms with Gasteiger partial charge in [0.1, 0.15) is 21.3 Å². The summed E-state index contributed by atoms with van der Waals surface area (Å²) in [4.78, 5) is 35.1. The van der Waals surface area contributed by atoms with E-state index in [1.165, 1.54) is 98.8 Å². The Morgan fingerprint density at radius 3 is 1.24 bits per heavy atom. The van der Waals surface area contributed by atoms with Crippen molar-refractivity contribution in [3.63, 3.8) is 0 Å². The zero-order chi connectivity index (χ0) is 30.2. The van der Waals surface area contributed by atoms with Crippen molar-refractivity contribution in [3.8, 4) is 22.6 Å². The molecule has 0 radical (unpaired) electrons. The molecule has 1 aliphatic carbocycles. The topological polar surface area (TPSA) is 162 Å². The summed E-state index contributed by atoms with van der Waals surface area (Å²) in [5, 5.41) is 5.12. The second kappa shape index (κ2) is 10.8. The third-order valence-corrected chi connectivity index (χ3v) is 8.59. The Hall–Kier alpha value is -5.01. The number of ketones is 1. The molecule has 0 aromatic heterocycles. The number of nitrogens with one attached hydrogen (secondary N) is 2. The molecular formula is C29H22N2O9S2. The average Bonchev–Trinajstić information content (AvgIpc) is 3.21. The quantitative estimate of drug-likeness (QED) is 0.245. The molecule has 13 heteroatoms. The smallest absolute Gasteiger partial charge is 0.339 e. The molecule has 0 bridgehead atoms. The van der Waals surface area contributed by atoms with Crippen molar-refractivity contribution < 1.29 is 39.6 Å². The third kappa shape index (κ3) is 5.87. The van der Waals surface area contributed by atoms with Crippen LogP contribution >= 0.6 is 0 Å². The van der Waals surface area contributed by atoms with Gasteiger partial charge in [0.2, 0.25) is 11.8 Å². The molecule has 4 aromatic carbocycles. The van der Waals surface area contributed by atoms with Gasteiger partial charge in [0, 0.05) is 36.3 Å². The van der Waals surface area contributed by atoms with Crippen LogP contribution in [0, 0.1) is 0 Å². The van der Waals surface area contributed by atoms with Gasteiger partial charge in [0.25, 0.3) is 0 Å². The molecule has 0 fully saturated rings. The van der Waals surface area contributed by atoms with E-state index in [4.69, 9.17) is 8.37 Å². The minimum absolute atomic E-state index is 0.00110. The van der Waals surface area contributed by atoms with E-state index in [2.05, 4.69) is 10.6 Å². The number of fused-ring (bicyclic) bond motifs is 3. The zero-order valence-electron chi connectivity index (χ0n) is 22.1. The van der Waals surface area contributed by atoms with Crippen LogP contribution < -0.4 is 19.0 Å². The summed E-state index contributed by atoms with van der Waals surface area (Å²) in [6.45, 7) is 2.68. The first-order valence-electron chi connectivity index (χ1n) is 12.3. The van der Waals surface area contributed by atoms with Gasteiger partial charge in [0.05, 0.1) is 0 Å². The maximum Gasteiger partial charge on any atom is 0.339 e. The van der Waals surface area contributed by atoms with E-state index in [9.17, 15) is 31.2 Å². The van der Waals surface area contributed by atoms with Crippen molar-refractivity contribution in [2.24, 2.45) is 0 Å². The number of carbonyl (C=O) groups excluding carboxylic acids is 3. The maximum atomic E-state index is 13.3. The van der Waals surface area contributed by atoms with Crippen LogP contribution in [0.3, 0.4) is 0 Å². The Morgan fingerprint density at radius 2 is 0.905 bits per heavy atom. The third-order valence-electron chi connectivity index (χ3n) is 6.10. The number of amides is 2. The normalized spacial score (nSPS) is 12.2. The van der Waals surface area contributed by atoms with Crippen LogP contribution in [0.5, 0.6) is 11.5 Å². The summed E-state index contributed by atoms with van der Waals surface area (Å²) < 4.78 is 62.2. The Labute approximate surface area is 241 Å². The van der Waals surface area contributed by atoms with E-state index in [-0.39, 0.29) is 44.2 Å². The zero-order valence-corrected chi connectivity index (χ0v) is 23.7. The average molecular weight is 607 g/mol. The van der Waals surface area contributed by atoms with E-state index >= 15 is 0 Å². The molecule has 0 aliphatic heterocycles. The minimum Gasteiger partial charge on any atom is -0.379 e. The highest BCUT2D eigenvalue weighted by molar-refractivity contribution is 7.87. The molecule has 42 heavy (non-hydrogen) atoms. The molecule has 0 saturated heterocycles. The van der Waals surface area contributed by atoms with Crippen LogP contribution in [-0.4, -0.2) is 34.4 Å². The lowest BCUT2D eigenvalue weighted by Crippen LogP contribution is -2.11. The van der Waals surface area contributed by atoms with Gasteiger partial charge < -0.3 is 19.0 Å². The lowest BCUT2D eigenvalue weighted by molar-refractivity contribution is -0.115. The van der Waals surface area contributed by atoms with Crippen molar-refractivity contribution >= 4 is 49.2 Å². The van der Waals surface area contributed by atoms with Gasteiger partial charge in [-0.15, -0.1) is 0 Å². The Balaban J connectivity index is 1.36. The highest BCUT2D eigenvalue weighted by Gasteiger charge is 2.31. The first-order chi connectivity index (χ1) is 19.8. The van der Waals surface area contributed by atoms with Gasteiger partial charge in [-0.3, -0.25) is 14.4 Å². The van der Waals surface area contributed by atoms with Crippen LogP contribution in [0.15, 0.2) is 94.7 Å². The predicted octanol–water partition coefficient (Wildman–Crippen LogP) is 4.35. The molecule has 0 spiro atoms. The van der Waals surface area contributed by atoms with Crippen molar-refractivity contribution in [1.82, 2.24) is 0 Å². The Kier molecular flexibility index (Phi) is 7.31. The lowest BCUT2D eigenvalue weighted by Gasteiger charge is -2.10. The number of hydrogen-bond donors (Lipinski definition) is 2. The van der Waals surface area contributed by atoms with Crippen LogP contribution in [0.25, 0.3) is 11.1 Å². The monoisotopic (exact) mass is 606 g/mol. The summed E-state index contributed by atoms with van der Waals surface area (Å²) in [6, 6.07) is 19.3. The summed E-state index contributed by atoms with van der Waals surface area (Å²) in [7, 11) is -8.67. The molecule has 0 saturated carbocycles. The van der Waals surface area contributed by atoms with Gasteiger partial charge in [-0.1, -0.05) is 12.1 Å². The number of anilines is 2. The first-order valence-corrected chi connectivity index (χ1v) is 15.1. The number of benzene rings is 4. The number of hydrogen-bond acceptors (Lipinski definition) is 9.